The van der Waals surface area contributed by atoms with E-state index in [0.717, 1.165) is 16.8 Å². The summed E-state index contributed by atoms with van der Waals surface area (Å²) in [4.78, 5) is 15.0. The first kappa shape index (κ1) is 22.5. The number of sulfonamides is 1. The van der Waals surface area contributed by atoms with Crippen molar-refractivity contribution in [3.8, 4) is 11.4 Å². The molecule has 0 saturated carbocycles. The lowest BCUT2D eigenvalue weighted by molar-refractivity contribution is 0.137. The number of hydrogen-bond donors (Lipinski definition) is 0. The van der Waals surface area contributed by atoms with E-state index in [0.29, 0.717) is 23.9 Å². The van der Waals surface area contributed by atoms with Crippen molar-refractivity contribution in [2.75, 3.05) is 24.5 Å². The Morgan fingerprint density at radius 2 is 1.79 bits per heavy atom. The number of benzene rings is 2. The molecule has 0 radical (unpaired) electrons. The molecule has 11 heteroatoms. The Kier molecular flexibility index (Phi) is 5.61. The Labute approximate surface area is 195 Å². The molecule has 5 rings (SSSR count). The summed E-state index contributed by atoms with van der Waals surface area (Å²) in [7, 11) is -3.55. The molecule has 3 aromatic rings. The van der Waals surface area contributed by atoms with Crippen LogP contribution in [0.2, 0.25) is 0 Å². The van der Waals surface area contributed by atoms with Gasteiger partial charge in [-0.3, -0.25) is 4.79 Å². The van der Waals surface area contributed by atoms with Crippen LogP contribution >= 0.6 is 0 Å². The SMILES string of the molecule is CC1Oc2c(cnn(-c3cc(F)cc(F)c3)c2=O)N2CCN(S(=O)(=O)Cc3ccccc3)CC12. The summed E-state index contributed by atoms with van der Waals surface area (Å²) in [5, 5.41) is 4.10. The molecule has 0 spiro atoms. The first-order valence-corrected chi connectivity index (χ1v) is 12.4. The summed E-state index contributed by atoms with van der Waals surface area (Å²) in [6, 6.07) is 11.4. The van der Waals surface area contributed by atoms with Gasteiger partial charge in [0.05, 0.1) is 23.7 Å². The molecular formula is C23H22F2N4O4S. The second-order valence-electron chi connectivity index (χ2n) is 8.39. The highest BCUT2D eigenvalue weighted by Crippen LogP contribution is 2.35. The smallest absolute Gasteiger partial charge is 0.316 e. The molecule has 2 aromatic carbocycles. The predicted octanol–water partition coefficient (Wildman–Crippen LogP) is 2.31. The molecule has 1 fully saturated rings. The molecule has 0 amide bonds. The molecule has 3 heterocycles. The summed E-state index contributed by atoms with van der Waals surface area (Å²) in [5.41, 5.74) is 0.440. The normalized spacial score (nSPS) is 20.4. The van der Waals surface area contributed by atoms with Crippen LogP contribution in [0.1, 0.15) is 12.5 Å². The molecule has 2 atom stereocenters. The van der Waals surface area contributed by atoms with Gasteiger partial charge < -0.3 is 9.64 Å². The van der Waals surface area contributed by atoms with Crippen LogP contribution in [0, 0.1) is 11.6 Å². The van der Waals surface area contributed by atoms with Crippen molar-refractivity contribution in [2.24, 2.45) is 0 Å². The Morgan fingerprint density at radius 3 is 2.50 bits per heavy atom. The lowest BCUT2D eigenvalue weighted by atomic mass is 10.0. The van der Waals surface area contributed by atoms with Gasteiger partial charge in [-0.2, -0.15) is 14.1 Å². The Hall–Kier alpha value is -3.31. The van der Waals surface area contributed by atoms with Crippen LogP contribution in [0.15, 0.2) is 59.5 Å². The Morgan fingerprint density at radius 1 is 1.09 bits per heavy atom. The van der Waals surface area contributed by atoms with E-state index < -0.39 is 33.3 Å². The molecule has 1 aromatic heterocycles. The van der Waals surface area contributed by atoms with Crippen LogP contribution in [0.5, 0.6) is 5.75 Å². The van der Waals surface area contributed by atoms with Gasteiger partial charge in [0, 0.05) is 25.7 Å². The molecular weight excluding hydrogens is 466 g/mol. The summed E-state index contributed by atoms with van der Waals surface area (Å²) < 4.78 is 61.6. The van der Waals surface area contributed by atoms with Crippen molar-refractivity contribution in [3.05, 3.63) is 82.3 Å². The van der Waals surface area contributed by atoms with Crippen molar-refractivity contribution < 1.29 is 21.9 Å². The number of halogens is 2. The minimum Gasteiger partial charge on any atom is -0.481 e. The van der Waals surface area contributed by atoms with Crippen molar-refractivity contribution in [1.82, 2.24) is 14.1 Å². The maximum absolute atomic E-state index is 13.7. The van der Waals surface area contributed by atoms with Gasteiger partial charge in [0.2, 0.25) is 15.8 Å². The number of ether oxygens (including phenoxy) is 1. The molecule has 0 bridgehead atoms. The quantitative estimate of drug-likeness (QED) is 0.561. The summed E-state index contributed by atoms with van der Waals surface area (Å²) in [6.45, 7) is 2.56. The van der Waals surface area contributed by atoms with Crippen LogP contribution < -0.4 is 15.2 Å². The minimum atomic E-state index is -3.55. The zero-order valence-electron chi connectivity index (χ0n) is 18.3. The minimum absolute atomic E-state index is 0.0176. The van der Waals surface area contributed by atoms with Gasteiger partial charge in [-0.05, 0) is 24.6 Å². The van der Waals surface area contributed by atoms with Gasteiger partial charge in [0.15, 0.2) is 0 Å². The highest BCUT2D eigenvalue weighted by atomic mass is 32.2. The van der Waals surface area contributed by atoms with E-state index in [-0.39, 0.29) is 36.3 Å². The van der Waals surface area contributed by atoms with E-state index in [2.05, 4.69) is 5.10 Å². The summed E-state index contributed by atoms with van der Waals surface area (Å²) in [6.07, 6.45) is 0.905. The van der Waals surface area contributed by atoms with Crippen molar-refractivity contribution in [1.29, 1.82) is 0 Å². The number of aromatic nitrogens is 2. The number of hydrogen-bond acceptors (Lipinski definition) is 6. The van der Waals surface area contributed by atoms with Crippen molar-refractivity contribution in [3.63, 3.8) is 0 Å². The fraction of sp³-hybridized carbons (Fsp3) is 0.304. The third kappa shape index (κ3) is 4.05. The molecule has 34 heavy (non-hydrogen) atoms. The molecule has 1 saturated heterocycles. The first-order chi connectivity index (χ1) is 16.2. The van der Waals surface area contributed by atoms with Gasteiger partial charge in [0.1, 0.15) is 23.4 Å². The van der Waals surface area contributed by atoms with Gasteiger partial charge >= 0.3 is 5.56 Å². The highest BCUT2D eigenvalue weighted by Gasteiger charge is 2.42. The topological polar surface area (TPSA) is 84.7 Å². The Bertz CT molecular complexity index is 1380. The first-order valence-electron chi connectivity index (χ1n) is 10.8. The van der Waals surface area contributed by atoms with Gasteiger partial charge in [-0.15, -0.1) is 0 Å². The second kappa shape index (κ2) is 8.48. The van der Waals surface area contributed by atoms with Crippen LogP contribution in [0.25, 0.3) is 5.69 Å². The van der Waals surface area contributed by atoms with E-state index in [1.54, 1.807) is 31.2 Å². The van der Waals surface area contributed by atoms with Crippen LogP contribution in [0.3, 0.4) is 0 Å². The van der Waals surface area contributed by atoms with Gasteiger partial charge in [-0.1, -0.05) is 30.3 Å². The lowest BCUT2D eigenvalue weighted by Crippen LogP contribution is -2.62. The number of fused-ring (bicyclic) bond motifs is 3. The number of anilines is 1. The average Bonchev–Trinajstić information content (AvgIpc) is 2.79. The van der Waals surface area contributed by atoms with E-state index >= 15 is 0 Å². The van der Waals surface area contributed by atoms with Crippen molar-refractivity contribution in [2.45, 2.75) is 24.8 Å². The van der Waals surface area contributed by atoms with E-state index in [4.69, 9.17) is 4.74 Å². The number of rotatable bonds is 4. The van der Waals surface area contributed by atoms with Crippen LogP contribution in [-0.2, 0) is 15.8 Å². The van der Waals surface area contributed by atoms with E-state index in [1.807, 2.05) is 11.0 Å². The van der Waals surface area contributed by atoms with Crippen LogP contribution in [-0.4, -0.2) is 54.3 Å². The summed E-state index contributed by atoms with van der Waals surface area (Å²) in [5.74, 6) is -1.74. The molecule has 8 nitrogen and oxygen atoms in total. The largest absolute Gasteiger partial charge is 0.481 e. The lowest BCUT2D eigenvalue weighted by Gasteiger charge is -2.47. The van der Waals surface area contributed by atoms with Gasteiger partial charge in [0.25, 0.3) is 0 Å². The zero-order chi connectivity index (χ0) is 24.0. The second-order valence-corrected chi connectivity index (χ2v) is 10.4. The number of nitrogens with zero attached hydrogens (tertiary/aromatic N) is 4. The van der Waals surface area contributed by atoms with Crippen LogP contribution in [0.4, 0.5) is 14.5 Å². The van der Waals surface area contributed by atoms with Gasteiger partial charge in [-0.25, -0.2) is 17.2 Å². The monoisotopic (exact) mass is 488 g/mol. The molecule has 2 aliphatic rings. The maximum atomic E-state index is 13.7. The standard InChI is InChI=1S/C23H22F2N4O4S/c1-15-21-13-27(34(31,32)14-16-5-3-2-4-6-16)7-8-28(21)20-12-26-29(23(30)22(20)33-15)19-10-17(24)9-18(25)11-19/h2-6,9-12,15,21H,7-8,13-14H2,1H3. The third-order valence-corrected chi connectivity index (χ3v) is 7.94. The molecule has 178 valence electrons. The fourth-order valence-electron chi connectivity index (χ4n) is 4.47. The van der Waals surface area contributed by atoms with Crippen molar-refractivity contribution >= 4 is 15.7 Å². The average molecular weight is 489 g/mol. The maximum Gasteiger partial charge on any atom is 0.316 e. The Balaban J connectivity index is 1.43. The molecule has 2 unspecified atom stereocenters. The molecule has 0 N–H and O–H groups in total. The molecule has 0 aliphatic carbocycles. The molecule has 2 aliphatic heterocycles. The van der Waals surface area contributed by atoms with E-state index in [9.17, 15) is 22.0 Å². The predicted molar refractivity (Wildman–Crippen MR) is 122 cm³/mol. The third-order valence-electron chi connectivity index (χ3n) is 6.13. The number of piperazine rings is 1. The zero-order valence-corrected chi connectivity index (χ0v) is 19.1. The summed E-state index contributed by atoms with van der Waals surface area (Å²) >= 11 is 0. The van der Waals surface area contributed by atoms with E-state index in [1.165, 1.54) is 10.5 Å². The highest BCUT2D eigenvalue weighted by molar-refractivity contribution is 7.88. The fourth-order valence-corrected chi connectivity index (χ4v) is 6.00.